The van der Waals surface area contributed by atoms with E-state index in [0.29, 0.717) is 6.42 Å². The molecule has 0 aliphatic rings. The van der Waals surface area contributed by atoms with Crippen LogP contribution in [0.15, 0.2) is 77.7 Å². The van der Waals surface area contributed by atoms with Crippen LogP contribution < -0.4 is 5.56 Å². The highest BCUT2D eigenvalue weighted by molar-refractivity contribution is 5.76. The van der Waals surface area contributed by atoms with Crippen molar-refractivity contribution in [3.05, 3.63) is 94.4 Å². The lowest BCUT2D eigenvalue weighted by molar-refractivity contribution is -0.133. The highest BCUT2D eigenvalue weighted by Crippen LogP contribution is 2.25. The Morgan fingerprint density at radius 2 is 1.72 bits per heavy atom. The molecule has 0 aliphatic carbocycles. The van der Waals surface area contributed by atoms with Crippen molar-refractivity contribution in [3.63, 3.8) is 0 Å². The molecule has 3 aromatic rings. The van der Waals surface area contributed by atoms with Crippen molar-refractivity contribution in [1.82, 2.24) is 9.88 Å². The van der Waals surface area contributed by atoms with E-state index < -0.39 is 0 Å². The van der Waals surface area contributed by atoms with Gasteiger partial charge >= 0.3 is 0 Å². The van der Waals surface area contributed by atoms with Gasteiger partial charge in [0, 0.05) is 25.2 Å². The summed E-state index contributed by atoms with van der Waals surface area (Å²) in [6.45, 7) is 4.73. The van der Waals surface area contributed by atoms with Crippen LogP contribution in [0.1, 0.15) is 43.9 Å². The van der Waals surface area contributed by atoms with E-state index in [9.17, 15) is 9.59 Å². The molecule has 0 saturated heterocycles. The second kappa shape index (κ2) is 9.87. The van der Waals surface area contributed by atoms with Crippen LogP contribution in [-0.2, 0) is 11.2 Å². The fourth-order valence-electron chi connectivity index (χ4n) is 3.59. The quantitative estimate of drug-likeness (QED) is 0.592. The molecule has 150 valence electrons. The highest BCUT2D eigenvalue weighted by atomic mass is 16.2. The molecule has 1 aromatic heterocycles. The van der Waals surface area contributed by atoms with Crippen LogP contribution in [0.5, 0.6) is 0 Å². The van der Waals surface area contributed by atoms with Gasteiger partial charge in [0.2, 0.25) is 11.5 Å². The van der Waals surface area contributed by atoms with E-state index >= 15 is 0 Å². The molecule has 1 amide bonds. The number of carbonyl (C=O) groups is 1. The van der Waals surface area contributed by atoms with Crippen molar-refractivity contribution in [3.8, 4) is 11.1 Å². The fraction of sp³-hybridized carbons (Fsp3) is 0.280. The van der Waals surface area contributed by atoms with E-state index in [1.54, 1.807) is 12.3 Å². The standard InChI is InChI=1S/C25H28N2O2/c1-3-25(29)27(17-7-10-20-8-5-4-6-9-20)19(2)21-11-13-22(14-12-21)23-15-16-26-24(28)18-23/h4-6,8-9,11-16,18-19H,3,7,10,17H2,1-2H3,(H,26,28)/t19-/m0/s1. The van der Waals surface area contributed by atoms with E-state index in [2.05, 4.69) is 36.2 Å². The Hall–Kier alpha value is -3.14. The van der Waals surface area contributed by atoms with Gasteiger partial charge in [-0.15, -0.1) is 0 Å². The van der Waals surface area contributed by atoms with Gasteiger partial charge in [-0.1, -0.05) is 61.5 Å². The minimum absolute atomic E-state index is 0.00597. The summed E-state index contributed by atoms with van der Waals surface area (Å²) in [6.07, 6.45) is 4.05. The number of nitrogens with zero attached hydrogens (tertiary/aromatic N) is 1. The Morgan fingerprint density at radius 3 is 2.38 bits per heavy atom. The minimum atomic E-state index is -0.113. The third-order valence-corrected chi connectivity index (χ3v) is 5.30. The summed E-state index contributed by atoms with van der Waals surface area (Å²) in [7, 11) is 0. The molecule has 0 bridgehead atoms. The van der Waals surface area contributed by atoms with Gasteiger partial charge in [-0.05, 0) is 48.1 Å². The first-order chi connectivity index (χ1) is 14.1. The number of aromatic nitrogens is 1. The van der Waals surface area contributed by atoms with E-state index in [0.717, 1.165) is 36.1 Å². The Morgan fingerprint density at radius 1 is 1.00 bits per heavy atom. The van der Waals surface area contributed by atoms with Crippen LogP contribution in [0, 0.1) is 0 Å². The van der Waals surface area contributed by atoms with Crippen molar-refractivity contribution < 1.29 is 4.79 Å². The number of nitrogens with one attached hydrogen (secondary N) is 1. The minimum Gasteiger partial charge on any atom is -0.336 e. The molecule has 3 rings (SSSR count). The molecule has 1 heterocycles. The molecule has 0 fully saturated rings. The summed E-state index contributed by atoms with van der Waals surface area (Å²) >= 11 is 0. The molecular weight excluding hydrogens is 360 g/mol. The van der Waals surface area contributed by atoms with Gasteiger partial charge in [0.1, 0.15) is 0 Å². The third-order valence-electron chi connectivity index (χ3n) is 5.30. The second-order valence-corrected chi connectivity index (χ2v) is 7.27. The Balaban J connectivity index is 1.70. The van der Waals surface area contributed by atoms with Crippen LogP contribution in [0.4, 0.5) is 0 Å². The van der Waals surface area contributed by atoms with Crippen molar-refractivity contribution in [1.29, 1.82) is 0 Å². The zero-order valence-electron chi connectivity index (χ0n) is 17.1. The molecule has 0 saturated carbocycles. The average molecular weight is 389 g/mol. The number of aryl methyl sites for hydroxylation is 1. The van der Waals surface area contributed by atoms with E-state index in [1.165, 1.54) is 5.56 Å². The number of rotatable bonds is 8. The molecule has 29 heavy (non-hydrogen) atoms. The molecule has 0 unspecified atom stereocenters. The number of aromatic amines is 1. The van der Waals surface area contributed by atoms with Crippen molar-refractivity contribution in [2.75, 3.05) is 6.54 Å². The van der Waals surface area contributed by atoms with Crippen LogP contribution in [0.2, 0.25) is 0 Å². The Labute approximate surface area is 172 Å². The van der Waals surface area contributed by atoms with Gasteiger partial charge in [0.15, 0.2) is 0 Å². The molecule has 1 N–H and O–H groups in total. The summed E-state index contributed by atoms with van der Waals surface area (Å²) < 4.78 is 0. The maximum atomic E-state index is 12.6. The van der Waals surface area contributed by atoms with Crippen molar-refractivity contribution >= 4 is 5.91 Å². The van der Waals surface area contributed by atoms with Crippen LogP contribution in [-0.4, -0.2) is 22.3 Å². The predicted octanol–water partition coefficient (Wildman–Crippen LogP) is 4.97. The van der Waals surface area contributed by atoms with E-state index in [1.807, 2.05) is 48.2 Å². The summed E-state index contributed by atoms with van der Waals surface area (Å²) in [5, 5.41) is 0. The molecule has 0 radical (unpaired) electrons. The SMILES string of the molecule is CCC(=O)N(CCCc1ccccc1)[C@@H](C)c1ccc(-c2cc[nH]c(=O)c2)cc1. The highest BCUT2D eigenvalue weighted by Gasteiger charge is 2.20. The number of hydrogen-bond acceptors (Lipinski definition) is 2. The molecule has 1 atom stereocenters. The average Bonchev–Trinajstić information content (AvgIpc) is 2.76. The number of pyridine rings is 1. The summed E-state index contributed by atoms with van der Waals surface area (Å²) in [4.78, 5) is 28.7. The first kappa shape index (κ1) is 20.6. The molecule has 2 aromatic carbocycles. The Bertz CT molecular complexity index is 977. The third kappa shape index (κ3) is 5.44. The lowest BCUT2D eigenvalue weighted by Crippen LogP contribution is -2.34. The lowest BCUT2D eigenvalue weighted by atomic mass is 10.0. The first-order valence-electron chi connectivity index (χ1n) is 10.2. The van der Waals surface area contributed by atoms with Crippen molar-refractivity contribution in [2.45, 2.75) is 39.2 Å². The summed E-state index contributed by atoms with van der Waals surface area (Å²) in [5.74, 6) is 0.171. The van der Waals surface area contributed by atoms with Gasteiger partial charge in [-0.2, -0.15) is 0 Å². The Kier molecular flexibility index (Phi) is 7.01. The fourth-order valence-corrected chi connectivity index (χ4v) is 3.59. The molecular formula is C25H28N2O2. The number of benzene rings is 2. The largest absolute Gasteiger partial charge is 0.336 e. The molecule has 4 nitrogen and oxygen atoms in total. The van der Waals surface area contributed by atoms with Gasteiger partial charge in [0.25, 0.3) is 0 Å². The normalized spacial score (nSPS) is 11.8. The summed E-state index contributed by atoms with van der Waals surface area (Å²) in [5.41, 5.74) is 4.16. The van der Waals surface area contributed by atoms with Crippen LogP contribution in [0.25, 0.3) is 11.1 Å². The van der Waals surface area contributed by atoms with Crippen molar-refractivity contribution in [2.24, 2.45) is 0 Å². The number of hydrogen-bond donors (Lipinski definition) is 1. The second-order valence-electron chi connectivity index (χ2n) is 7.27. The lowest BCUT2D eigenvalue weighted by Gasteiger charge is -2.30. The maximum absolute atomic E-state index is 12.6. The van der Waals surface area contributed by atoms with Crippen LogP contribution >= 0.6 is 0 Å². The molecule has 4 heteroatoms. The molecule has 0 aliphatic heterocycles. The predicted molar refractivity (Wildman–Crippen MR) is 118 cm³/mol. The number of H-pyrrole nitrogens is 1. The topological polar surface area (TPSA) is 53.2 Å². The summed E-state index contributed by atoms with van der Waals surface area (Å²) in [6, 6.07) is 22.0. The smallest absolute Gasteiger partial charge is 0.248 e. The zero-order chi connectivity index (χ0) is 20.6. The van der Waals surface area contributed by atoms with Gasteiger partial charge < -0.3 is 9.88 Å². The van der Waals surface area contributed by atoms with Crippen LogP contribution in [0.3, 0.4) is 0 Å². The van der Waals surface area contributed by atoms with E-state index in [-0.39, 0.29) is 17.5 Å². The van der Waals surface area contributed by atoms with Gasteiger partial charge in [0.05, 0.1) is 6.04 Å². The number of amides is 1. The zero-order valence-corrected chi connectivity index (χ0v) is 17.1. The monoisotopic (exact) mass is 388 g/mol. The van der Waals surface area contributed by atoms with Gasteiger partial charge in [-0.25, -0.2) is 0 Å². The number of carbonyl (C=O) groups excluding carboxylic acids is 1. The maximum Gasteiger partial charge on any atom is 0.248 e. The first-order valence-corrected chi connectivity index (χ1v) is 10.2. The van der Waals surface area contributed by atoms with E-state index in [4.69, 9.17) is 0 Å². The molecule has 0 spiro atoms. The van der Waals surface area contributed by atoms with Gasteiger partial charge in [-0.3, -0.25) is 9.59 Å².